The molecule has 0 atom stereocenters. The molecule has 0 unspecified atom stereocenters. The molecule has 1 N–H and O–H groups in total. The number of carbonyl (C=O) groups excluding carboxylic acids is 1. The molecular formula is C19H15ClF3N3O2. The minimum Gasteiger partial charge on any atom is -0.435 e. The van der Waals surface area contributed by atoms with Gasteiger partial charge in [-0.2, -0.15) is 13.9 Å². The van der Waals surface area contributed by atoms with Gasteiger partial charge in [-0.25, -0.2) is 4.39 Å². The van der Waals surface area contributed by atoms with Crippen LogP contribution in [-0.4, -0.2) is 22.3 Å². The monoisotopic (exact) mass is 409 g/mol. The van der Waals surface area contributed by atoms with Gasteiger partial charge in [0.05, 0.1) is 6.54 Å². The molecule has 1 aromatic heterocycles. The molecule has 0 aliphatic carbocycles. The van der Waals surface area contributed by atoms with Gasteiger partial charge in [0.1, 0.15) is 11.6 Å². The average molecular weight is 410 g/mol. The fourth-order valence-electron chi connectivity index (χ4n) is 2.52. The lowest BCUT2D eigenvalue weighted by Gasteiger charge is -2.07. The molecule has 0 saturated heterocycles. The Balaban J connectivity index is 1.69. The fraction of sp³-hybridized carbons (Fsp3) is 0.158. The van der Waals surface area contributed by atoms with E-state index in [2.05, 4.69) is 15.2 Å². The molecule has 3 rings (SSSR count). The van der Waals surface area contributed by atoms with Gasteiger partial charge in [-0.15, -0.1) is 0 Å². The molecule has 0 fully saturated rings. The second-order valence-electron chi connectivity index (χ2n) is 5.92. The van der Waals surface area contributed by atoms with Crippen LogP contribution in [0.4, 0.5) is 19.0 Å². The maximum Gasteiger partial charge on any atom is 0.387 e. The molecule has 2 aromatic carbocycles. The van der Waals surface area contributed by atoms with Crippen LogP contribution in [0.1, 0.15) is 21.6 Å². The smallest absolute Gasteiger partial charge is 0.387 e. The Labute approximate surface area is 163 Å². The van der Waals surface area contributed by atoms with Crippen molar-refractivity contribution in [1.82, 2.24) is 9.78 Å². The van der Waals surface area contributed by atoms with Crippen LogP contribution in [0.2, 0.25) is 5.02 Å². The summed E-state index contributed by atoms with van der Waals surface area (Å²) < 4.78 is 43.4. The van der Waals surface area contributed by atoms with Crippen molar-refractivity contribution >= 4 is 23.3 Å². The molecule has 0 radical (unpaired) electrons. The number of aryl methyl sites for hydroxylation is 1. The molecule has 3 aromatic rings. The first-order chi connectivity index (χ1) is 13.3. The second-order valence-corrected chi connectivity index (χ2v) is 6.33. The third-order valence-corrected chi connectivity index (χ3v) is 4.25. The number of carbonyl (C=O) groups is 1. The number of anilines is 1. The van der Waals surface area contributed by atoms with Crippen LogP contribution in [0.25, 0.3) is 0 Å². The summed E-state index contributed by atoms with van der Waals surface area (Å²) in [6.45, 7) is -0.821. The number of amides is 1. The van der Waals surface area contributed by atoms with E-state index in [1.807, 2.05) is 0 Å². The summed E-state index contributed by atoms with van der Waals surface area (Å²) in [6.07, 6.45) is 0. The van der Waals surface area contributed by atoms with E-state index < -0.39 is 18.3 Å². The molecule has 0 aliphatic heterocycles. The SMILES string of the molecule is Cc1cc(NC(=O)c2ccc(OC(F)F)cc2)nn1Cc1ccc(F)cc1Cl. The van der Waals surface area contributed by atoms with Crippen molar-refractivity contribution in [2.45, 2.75) is 20.1 Å². The molecule has 0 saturated carbocycles. The quantitative estimate of drug-likeness (QED) is 0.631. The van der Waals surface area contributed by atoms with Gasteiger partial charge >= 0.3 is 6.61 Å². The van der Waals surface area contributed by atoms with E-state index in [-0.39, 0.29) is 16.3 Å². The van der Waals surface area contributed by atoms with Gasteiger partial charge < -0.3 is 10.1 Å². The molecule has 28 heavy (non-hydrogen) atoms. The number of rotatable bonds is 6. The van der Waals surface area contributed by atoms with Crippen molar-refractivity contribution in [1.29, 1.82) is 0 Å². The summed E-state index contributed by atoms with van der Waals surface area (Å²) in [5.41, 5.74) is 1.70. The molecule has 0 aliphatic rings. The lowest BCUT2D eigenvalue weighted by molar-refractivity contribution is -0.0498. The van der Waals surface area contributed by atoms with E-state index in [1.165, 1.54) is 36.4 Å². The number of benzene rings is 2. The van der Waals surface area contributed by atoms with Crippen molar-refractivity contribution < 1.29 is 22.7 Å². The van der Waals surface area contributed by atoms with Crippen LogP contribution in [-0.2, 0) is 6.54 Å². The number of aromatic nitrogens is 2. The Hall–Kier alpha value is -3.00. The van der Waals surface area contributed by atoms with E-state index in [4.69, 9.17) is 11.6 Å². The van der Waals surface area contributed by atoms with Crippen LogP contribution >= 0.6 is 11.6 Å². The highest BCUT2D eigenvalue weighted by atomic mass is 35.5. The summed E-state index contributed by atoms with van der Waals surface area (Å²) in [5, 5.41) is 7.22. The predicted molar refractivity (Wildman–Crippen MR) is 98.5 cm³/mol. The Kier molecular flexibility index (Phi) is 5.89. The number of nitrogens with zero attached hydrogens (tertiary/aromatic N) is 2. The zero-order chi connectivity index (χ0) is 20.3. The first-order valence-corrected chi connectivity index (χ1v) is 8.54. The molecule has 146 valence electrons. The largest absolute Gasteiger partial charge is 0.435 e. The van der Waals surface area contributed by atoms with Gasteiger partial charge in [-0.05, 0) is 48.9 Å². The standard InChI is InChI=1S/C19H15ClF3N3O2/c1-11-8-17(25-26(11)10-13-2-5-14(21)9-16(13)20)24-18(27)12-3-6-15(7-4-12)28-19(22)23/h2-9,19H,10H2,1H3,(H,24,25,27). The minimum absolute atomic E-state index is 0.0390. The molecule has 0 bridgehead atoms. The van der Waals surface area contributed by atoms with Gasteiger partial charge in [0, 0.05) is 22.3 Å². The molecule has 5 nitrogen and oxygen atoms in total. The maximum atomic E-state index is 13.2. The van der Waals surface area contributed by atoms with Gasteiger partial charge in [0.2, 0.25) is 0 Å². The Morgan fingerprint density at radius 3 is 2.57 bits per heavy atom. The average Bonchev–Trinajstić information content (AvgIpc) is 2.96. The van der Waals surface area contributed by atoms with Crippen molar-refractivity contribution in [3.8, 4) is 5.75 Å². The molecule has 1 heterocycles. The summed E-state index contributed by atoms with van der Waals surface area (Å²) in [6, 6.07) is 11.1. The number of hydrogen-bond acceptors (Lipinski definition) is 3. The van der Waals surface area contributed by atoms with Crippen LogP contribution in [0, 0.1) is 12.7 Å². The first kappa shape index (κ1) is 19.8. The molecule has 9 heteroatoms. The normalized spacial score (nSPS) is 10.9. The topological polar surface area (TPSA) is 56.1 Å². The van der Waals surface area contributed by atoms with Gasteiger partial charge in [0.15, 0.2) is 5.82 Å². The van der Waals surface area contributed by atoms with E-state index in [0.29, 0.717) is 17.9 Å². The fourth-order valence-corrected chi connectivity index (χ4v) is 2.75. The minimum atomic E-state index is -2.93. The summed E-state index contributed by atoms with van der Waals surface area (Å²) in [7, 11) is 0. The van der Waals surface area contributed by atoms with Crippen molar-refractivity contribution in [3.05, 3.63) is 76.2 Å². The van der Waals surface area contributed by atoms with E-state index >= 15 is 0 Å². The van der Waals surface area contributed by atoms with E-state index in [9.17, 15) is 18.0 Å². The van der Waals surface area contributed by atoms with Crippen LogP contribution in [0.3, 0.4) is 0 Å². The van der Waals surface area contributed by atoms with Crippen LogP contribution < -0.4 is 10.1 Å². The Morgan fingerprint density at radius 2 is 1.93 bits per heavy atom. The molecule has 1 amide bonds. The Bertz CT molecular complexity index is 991. The lowest BCUT2D eigenvalue weighted by atomic mass is 10.2. The number of ether oxygens (including phenoxy) is 1. The van der Waals surface area contributed by atoms with E-state index in [1.54, 1.807) is 23.7 Å². The van der Waals surface area contributed by atoms with Gasteiger partial charge in [0.25, 0.3) is 5.91 Å². The summed E-state index contributed by atoms with van der Waals surface area (Å²) >= 11 is 6.04. The van der Waals surface area contributed by atoms with Crippen LogP contribution in [0.5, 0.6) is 5.75 Å². The molecule has 0 spiro atoms. The van der Waals surface area contributed by atoms with Crippen LogP contribution in [0.15, 0.2) is 48.5 Å². The van der Waals surface area contributed by atoms with Gasteiger partial charge in [-0.1, -0.05) is 17.7 Å². The van der Waals surface area contributed by atoms with Crippen molar-refractivity contribution in [2.24, 2.45) is 0 Å². The lowest BCUT2D eigenvalue weighted by Crippen LogP contribution is -2.13. The third kappa shape index (κ3) is 4.83. The Morgan fingerprint density at radius 1 is 1.21 bits per heavy atom. The third-order valence-electron chi connectivity index (χ3n) is 3.90. The number of hydrogen-bond donors (Lipinski definition) is 1. The highest BCUT2D eigenvalue weighted by molar-refractivity contribution is 6.31. The van der Waals surface area contributed by atoms with E-state index in [0.717, 1.165) is 5.69 Å². The highest BCUT2D eigenvalue weighted by Gasteiger charge is 2.12. The summed E-state index contributed by atoms with van der Waals surface area (Å²) in [4.78, 5) is 12.3. The summed E-state index contributed by atoms with van der Waals surface area (Å²) in [5.74, 6) is -0.603. The second kappa shape index (κ2) is 8.35. The maximum absolute atomic E-state index is 13.2. The number of alkyl halides is 2. The van der Waals surface area contributed by atoms with Crippen molar-refractivity contribution in [3.63, 3.8) is 0 Å². The van der Waals surface area contributed by atoms with Gasteiger partial charge in [-0.3, -0.25) is 9.48 Å². The molecular weight excluding hydrogens is 395 g/mol. The zero-order valence-corrected chi connectivity index (χ0v) is 15.4. The zero-order valence-electron chi connectivity index (χ0n) is 14.6. The number of halogens is 4. The highest BCUT2D eigenvalue weighted by Crippen LogP contribution is 2.20. The predicted octanol–water partition coefficient (Wildman–Crippen LogP) is 4.89. The number of nitrogens with one attached hydrogen (secondary N) is 1. The van der Waals surface area contributed by atoms with Crippen molar-refractivity contribution in [2.75, 3.05) is 5.32 Å². The first-order valence-electron chi connectivity index (χ1n) is 8.16.